The zero-order valence-electron chi connectivity index (χ0n) is 19.6. The molecular weight excluding hydrogens is 527 g/mol. The fraction of sp³-hybridized carbons (Fsp3) is 0.174. The summed E-state index contributed by atoms with van der Waals surface area (Å²) in [6, 6.07) is 5.06. The van der Waals surface area contributed by atoms with Gasteiger partial charge in [0.05, 0.1) is 32.8 Å². The van der Waals surface area contributed by atoms with E-state index >= 15 is 0 Å². The number of aromatic nitrogens is 2. The highest BCUT2D eigenvalue weighted by Gasteiger charge is 2.17. The van der Waals surface area contributed by atoms with Crippen molar-refractivity contribution in [3.8, 4) is 11.5 Å². The van der Waals surface area contributed by atoms with Crippen LogP contribution in [0.2, 0.25) is 10.0 Å². The number of carbonyl (C=O) groups is 4. The topological polar surface area (TPSA) is 166 Å². The van der Waals surface area contributed by atoms with Crippen molar-refractivity contribution in [1.82, 2.24) is 4.57 Å². The minimum Gasteiger partial charge on any atom is -0.506 e. The zero-order valence-corrected chi connectivity index (χ0v) is 21.1. The first-order valence-electron chi connectivity index (χ1n) is 10.7. The SMILES string of the molecule is CC(=O)Nc1cc(O)c(NC(=O)Cn2cc[n+](CC(=O)Nc3cc(Cl)c(NC(C)=O)cc3O)c2)cc1Cl. The third kappa shape index (κ3) is 7.59. The Hall–Kier alpha value is -4.29. The number of anilines is 4. The van der Waals surface area contributed by atoms with Gasteiger partial charge in [-0.05, 0) is 12.1 Å². The van der Waals surface area contributed by atoms with Crippen LogP contribution in [-0.2, 0) is 32.3 Å². The number of hydrogen-bond acceptors (Lipinski definition) is 6. The number of amides is 4. The molecule has 0 aliphatic heterocycles. The molecule has 14 heteroatoms. The highest BCUT2D eigenvalue weighted by Crippen LogP contribution is 2.34. The van der Waals surface area contributed by atoms with Crippen molar-refractivity contribution in [3.63, 3.8) is 0 Å². The molecule has 0 unspecified atom stereocenters. The van der Waals surface area contributed by atoms with E-state index in [9.17, 15) is 29.4 Å². The number of nitrogens with zero attached hydrogens (tertiary/aromatic N) is 2. The lowest BCUT2D eigenvalue weighted by Crippen LogP contribution is -2.38. The third-order valence-electron chi connectivity index (χ3n) is 4.74. The Balaban J connectivity index is 1.59. The molecule has 3 aromatic rings. The van der Waals surface area contributed by atoms with Gasteiger partial charge in [-0.1, -0.05) is 23.2 Å². The molecule has 0 radical (unpaired) electrons. The average Bonchev–Trinajstić information content (AvgIpc) is 3.20. The van der Waals surface area contributed by atoms with E-state index in [0.29, 0.717) is 0 Å². The summed E-state index contributed by atoms with van der Waals surface area (Å²) in [5.41, 5.74) is 0.528. The summed E-state index contributed by atoms with van der Waals surface area (Å²) in [7, 11) is 0. The summed E-state index contributed by atoms with van der Waals surface area (Å²) < 4.78 is 3.01. The van der Waals surface area contributed by atoms with E-state index in [0.717, 1.165) is 0 Å². The predicted molar refractivity (Wildman–Crippen MR) is 137 cm³/mol. The molecule has 37 heavy (non-hydrogen) atoms. The third-order valence-corrected chi connectivity index (χ3v) is 5.36. The molecule has 194 valence electrons. The summed E-state index contributed by atoms with van der Waals surface area (Å²) in [4.78, 5) is 47.3. The number of halogens is 2. The molecular formula is C23H23Cl2N6O6+. The van der Waals surface area contributed by atoms with E-state index in [-0.39, 0.29) is 69.2 Å². The Morgan fingerprint density at radius 3 is 1.76 bits per heavy atom. The second-order valence-corrected chi connectivity index (χ2v) is 8.73. The summed E-state index contributed by atoms with van der Waals surface area (Å²) in [6.07, 6.45) is 4.64. The fourth-order valence-corrected chi connectivity index (χ4v) is 3.65. The van der Waals surface area contributed by atoms with Crippen LogP contribution < -0.4 is 25.8 Å². The van der Waals surface area contributed by atoms with Gasteiger partial charge >= 0.3 is 0 Å². The molecule has 0 atom stereocenters. The molecule has 1 heterocycles. The summed E-state index contributed by atoms with van der Waals surface area (Å²) in [5, 5.41) is 30.5. The van der Waals surface area contributed by atoms with E-state index in [1.807, 2.05) is 0 Å². The number of carbonyl (C=O) groups excluding carboxylic acids is 4. The smallest absolute Gasteiger partial charge is 0.266 e. The summed E-state index contributed by atoms with van der Waals surface area (Å²) in [5.74, 6) is -2.26. The maximum atomic E-state index is 12.4. The summed E-state index contributed by atoms with van der Waals surface area (Å²) in [6.45, 7) is 2.31. The van der Waals surface area contributed by atoms with Gasteiger partial charge in [0, 0.05) is 26.0 Å². The van der Waals surface area contributed by atoms with Crippen LogP contribution in [0.25, 0.3) is 0 Å². The normalized spacial score (nSPS) is 10.5. The van der Waals surface area contributed by atoms with Crippen molar-refractivity contribution in [2.24, 2.45) is 0 Å². The van der Waals surface area contributed by atoms with Gasteiger partial charge in [0.2, 0.25) is 18.1 Å². The van der Waals surface area contributed by atoms with Gasteiger partial charge in [0.25, 0.3) is 11.8 Å². The zero-order chi connectivity index (χ0) is 27.3. The molecule has 6 N–H and O–H groups in total. The minimum absolute atomic E-state index is 0.0616. The van der Waals surface area contributed by atoms with Crippen LogP contribution in [0.1, 0.15) is 13.8 Å². The van der Waals surface area contributed by atoms with E-state index < -0.39 is 11.8 Å². The monoisotopic (exact) mass is 549 g/mol. The number of imidazole rings is 1. The highest BCUT2D eigenvalue weighted by molar-refractivity contribution is 6.34. The Kier molecular flexibility index (Phi) is 8.58. The molecule has 1 aromatic heterocycles. The number of rotatable bonds is 8. The molecule has 3 rings (SSSR count). The fourth-order valence-electron chi connectivity index (χ4n) is 3.23. The van der Waals surface area contributed by atoms with Crippen molar-refractivity contribution in [2.75, 3.05) is 21.3 Å². The molecule has 0 fully saturated rings. The largest absolute Gasteiger partial charge is 0.506 e. The number of hydrogen-bond donors (Lipinski definition) is 6. The predicted octanol–water partition coefficient (Wildman–Crippen LogP) is 2.69. The first-order chi connectivity index (χ1) is 17.4. The van der Waals surface area contributed by atoms with Gasteiger partial charge in [-0.25, -0.2) is 9.13 Å². The Morgan fingerprint density at radius 2 is 1.27 bits per heavy atom. The molecule has 0 saturated heterocycles. The standard InChI is InChI=1S/C23H22Cl2N6O6/c1-12(32)26-16-7-20(34)18(5-14(16)24)28-22(36)9-30-3-4-31(11-30)10-23(37)29-19-6-15(25)17(8-21(19)35)27-13(2)33/h3-8,11H,9-10H2,1-2H3,(H5-,26,27,28,29,32,33,34,35,36,37)/p+1. The van der Waals surface area contributed by atoms with Gasteiger partial charge in [-0.15, -0.1) is 0 Å². The number of aromatic hydroxyl groups is 2. The maximum absolute atomic E-state index is 12.4. The first-order valence-corrected chi connectivity index (χ1v) is 11.4. The molecule has 12 nitrogen and oxygen atoms in total. The molecule has 0 bridgehead atoms. The lowest BCUT2D eigenvalue weighted by Gasteiger charge is -2.11. The van der Waals surface area contributed by atoms with Crippen molar-refractivity contribution in [3.05, 3.63) is 53.0 Å². The number of phenolic OH excluding ortho intramolecular Hbond substituents is 2. The van der Waals surface area contributed by atoms with E-state index in [2.05, 4.69) is 21.3 Å². The second-order valence-electron chi connectivity index (χ2n) is 7.92. The van der Waals surface area contributed by atoms with Crippen molar-refractivity contribution >= 4 is 69.6 Å². The Labute approximate surface area is 220 Å². The lowest BCUT2D eigenvalue weighted by molar-refractivity contribution is -0.683. The second kappa shape index (κ2) is 11.6. The van der Waals surface area contributed by atoms with Crippen molar-refractivity contribution in [1.29, 1.82) is 0 Å². The lowest BCUT2D eigenvalue weighted by atomic mass is 10.2. The van der Waals surface area contributed by atoms with Gasteiger partial charge in [-0.2, -0.15) is 0 Å². The molecule has 0 saturated carbocycles. The number of nitrogens with one attached hydrogen (secondary N) is 4. The van der Waals surface area contributed by atoms with Crippen molar-refractivity contribution < 1.29 is 34.0 Å². The van der Waals surface area contributed by atoms with Gasteiger partial charge in [-0.3, -0.25) is 19.2 Å². The highest BCUT2D eigenvalue weighted by atomic mass is 35.5. The minimum atomic E-state index is -0.482. The molecule has 4 amide bonds. The van der Waals surface area contributed by atoms with Crippen LogP contribution in [-0.4, -0.2) is 38.4 Å². The van der Waals surface area contributed by atoms with Crippen LogP contribution >= 0.6 is 23.2 Å². The van der Waals surface area contributed by atoms with Crippen molar-refractivity contribution in [2.45, 2.75) is 26.9 Å². The van der Waals surface area contributed by atoms with E-state index in [1.54, 1.807) is 12.4 Å². The number of benzene rings is 2. The molecule has 2 aromatic carbocycles. The Bertz CT molecular complexity index is 1290. The van der Waals surface area contributed by atoms with Crippen LogP contribution in [0.5, 0.6) is 11.5 Å². The Morgan fingerprint density at radius 1 is 0.784 bits per heavy atom. The van der Waals surface area contributed by atoms with Gasteiger partial charge in [0.15, 0.2) is 13.1 Å². The molecule has 0 spiro atoms. The van der Waals surface area contributed by atoms with Crippen LogP contribution in [0.3, 0.4) is 0 Å². The van der Waals surface area contributed by atoms with Crippen LogP contribution in [0.15, 0.2) is 43.0 Å². The molecule has 0 aliphatic carbocycles. The average molecular weight is 550 g/mol. The quantitative estimate of drug-likeness (QED) is 0.186. The number of phenols is 2. The first kappa shape index (κ1) is 27.3. The van der Waals surface area contributed by atoms with Gasteiger partial charge in [0.1, 0.15) is 23.9 Å². The van der Waals surface area contributed by atoms with E-state index in [1.165, 1.54) is 53.6 Å². The van der Waals surface area contributed by atoms with E-state index in [4.69, 9.17) is 23.2 Å². The summed E-state index contributed by atoms with van der Waals surface area (Å²) >= 11 is 12.2. The maximum Gasteiger partial charge on any atom is 0.266 e. The van der Waals surface area contributed by atoms with Crippen LogP contribution in [0.4, 0.5) is 22.7 Å². The van der Waals surface area contributed by atoms with Crippen LogP contribution in [0, 0.1) is 0 Å². The molecule has 0 aliphatic rings. The van der Waals surface area contributed by atoms with Gasteiger partial charge < -0.3 is 31.5 Å².